The van der Waals surface area contributed by atoms with Gasteiger partial charge in [-0.15, -0.1) is 0 Å². The van der Waals surface area contributed by atoms with Crippen molar-refractivity contribution >= 4 is 12.0 Å². The number of carbonyl (C=O) groups is 2. The van der Waals surface area contributed by atoms with Crippen molar-refractivity contribution in [2.75, 3.05) is 20.3 Å². The van der Waals surface area contributed by atoms with Gasteiger partial charge in [-0.2, -0.15) is 0 Å². The number of methoxy groups -OCH3 is 1. The number of rotatable bonds is 9. The van der Waals surface area contributed by atoms with Crippen molar-refractivity contribution in [2.45, 2.75) is 45.1 Å². The first-order valence-corrected chi connectivity index (χ1v) is 13.7. The lowest BCUT2D eigenvalue weighted by Gasteiger charge is -2.24. The van der Waals surface area contributed by atoms with Crippen LogP contribution < -0.4 is 9.47 Å². The number of benzene rings is 3. The molecule has 42 heavy (non-hydrogen) atoms. The molecule has 3 aromatic carbocycles. The Morgan fingerprint density at radius 1 is 1.02 bits per heavy atom. The highest BCUT2D eigenvalue weighted by atomic mass is 19.1. The second kappa shape index (κ2) is 12.1. The van der Waals surface area contributed by atoms with Crippen LogP contribution in [0.3, 0.4) is 0 Å². The monoisotopic (exact) mass is 572 g/mol. The Labute approximate surface area is 244 Å². The highest BCUT2D eigenvalue weighted by Gasteiger charge is 2.31. The van der Waals surface area contributed by atoms with Crippen LogP contribution in [0, 0.1) is 5.82 Å². The Morgan fingerprint density at radius 3 is 2.43 bits per heavy atom. The van der Waals surface area contributed by atoms with E-state index in [1.165, 1.54) is 12.3 Å². The minimum Gasteiger partial charge on any atom is -0.497 e. The summed E-state index contributed by atoms with van der Waals surface area (Å²) in [5, 5.41) is 4.04. The number of ether oxygens (including phenoxy) is 3. The van der Waals surface area contributed by atoms with Crippen LogP contribution in [0.1, 0.15) is 55.5 Å². The van der Waals surface area contributed by atoms with E-state index in [0.29, 0.717) is 22.8 Å². The number of hydrogen-bond donors (Lipinski definition) is 0. The van der Waals surface area contributed by atoms with Crippen LogP contribution in [0.2, 0.25) is 0 Å². The second-order valence-electron chi connectivity index (χ2n) is 11.2. The third-order valence-corrected chi connectivity index (χ3v) is 7.30. The smallest absolute Gasteiger partial charge is 0.416 e. The van der Waals surface area contributed by atoms with E-state index in [1.54, 1.807) is 25.3 Å². The molecule has 5 rings (SSSR count). The number of halogens is 1. The predicted octanol–water partition coefficient (Wildman–Crippen LogP) is 6.87. The predicted molar refractivity (Wildman–Crippen MR) is 154 cm³/mol. The first-order valence-electron chi connectivity index (χ1n) is 13.7. The first kappa shape index (κ1) is 28.9. The van der Waals surface area contributed by atoms with Gasteiger partial charge in [0.25, 0.3) is 0 Å². The molecule has 1 atom stereocenters. The molecule has 2 amide bonds. The maximum atomic E-state index is 15.0. The molecule has 4 aromatic rings. The summed E-state index contributed by atoms with van der Waals surface area (Å²) in [6.45, 7) is 6.98. The second-order valence-corrected chi connectivity index (χ2v) is 11.2. The average Bonchev–Trinajstić information content (AvgIpc) is 3.67. The topological polar surface area (TPSA) is 91.1 Å². The van der Waals surface area contributed by atoms with Crippen LogP contribution in [0.25, 0.3) is 11.1 Å². The van der Waals surface area contributed by atoms with E-state index in [-0.39, 0.29) is 43.3 Å². The largest absolute Gasteiger partial charge is 0.497 e. The molecule has 0 saturated carbocycles. The van der Waals surface area contributed by atoms with Crippen molar-refractivity contribution < 1.29 is 32.7 Å². The number of carbonyl (C=O) groups excluding carboxylic acids is 2. The zero-order chi connectivity index (χ0) is 29.9. The fourth-order valence-corrected chi connectivity index (χ4v) is 5.06. The normalized spacial score (nSPS) is 14.0. The van der Waals surface area contributed by atoms with E-state index in [1.807, 2.05) is 42.5 Å². The Kier molecular flexibility index (Phi) is 8.29. The highest BCUT2D eigenvalue weighted by Crippen LogP contribution is 2.37. The van der Waals surface area contributed by atoms with E-state index in [2.05, 4.69) is 25.9 Å². The van der Waals surface area contributed by atoms with Crippen molar-refractivity contribution in [1.29, 1.82) is 0 Å². The molecule has 218 valence electrons. The lowest BCUT2D eigenvalue weighted by molar-refractivity contribution is -0.128. The van der Waals surface area contributed by atoms with E-state index in [0.717, 1.165) is 27.2 Å². The van der Waals surface area contributed by atoms with Crippen LogP contribution in [0.15, 0.2) is 77.5 Å². The summed E-state index contributed by atoms with van der Waals surface area (Å²) < 4.78 is 36.4. The highest BCUT2D eigenvalue weighted by molar-refractivity contribution is 5.93. The van der Waals surface area contributed by atoms with Crippen LogP contribution in [0.5, 0.6) is 11.5 Å². The fraction of sp³-hybridized carbons (Fsp3) is 0.303. The number of amides is 2. The SMILES string of the molecule is COc1ccc(F)c(-c2cc(COc3ccc(C(CC(=O)N4CCOC4=O)c4ccon4)cc3)ccc2C(C)(C)C)c1. The number of imide groups is 1. The van der Waals surface area contributed by atoms with Gasteiger partial charge in [-0.1, -0.05) is 50.2 Å². The van der Waals surface area contributed by atoms with Gasteiger partial charge in [0.15, 0.2) is 0 Å². The molecule has 0 spiro atoms. The third-order valence-electron chi connectivity index (χ3n) is 7.30. The van der Waals surface area contributed by atoms with Gasteiger partial charge < -0.3 is 18.7 Å². The molecule has 0 N–H and O–H groups in total. The van der Waals surface area contributed by atoms with Crippen molar-refractivity contribution in [3.63, 3.8) is 0 Å². The molecule has 1 fully saturated rings. The van der Waals surface area contributed by atoms with Gasteiger partial charge >= 0.3 is 6.09 Å². The standard InChI is InChI=1S/C33H33FN2O6/c1-33(2,3)28-11-5-21(17-26(28)27-18-24(39-4)10-12-29(27)34)20-41-23-8-6-22(7-9-23)25(30-13-15-42-35-30)19-31(37)36-14-16-40-32(36)38/h5-13,15,17-18,25H,14,16,19-20H2,1-4H3. The quantitative estimate of drug-likeness (QED) is 0.216. The molecule has 1 aromatic heterocycles. The summed E-state index contributed by atoms with van der Waals surface area (Å²) in [4.78, 5) is 25.8. The Morgan fingerprint density at radius 2 is 1.79 bits per heavy atom. The lowest BCUT2D eigenvalue weighted by atomic mass is 9.81. The van der Waals surface area contributed by atoms with Crippen LogP contribution in [-0.2, 0) is 21.6 Å². The maximum absolute atomic E-state index is 15.0. The first-order chi connectivity index (χ1) is 20.1. The number of hydrogen-bond acceptors (Lipinski definition) is 7. The van der Waals surface area contributed by atoms with E-state index in [4.69, 9.17) is 18.7 Å². The van der Waals surface area contributed by atoms with E-state index in [9.17, 15) is 14.0 Å². The molecule has 1 saturated heterocycles. The van der Waals surface area contributed by atoms with Crippen molar-refractivity contribution in [1.82, 2.24) is 10.1 Å². The Bertz CT molecular complexity index is 1560. The van der Waals surface area contributed by atoms with Crippen molar-refractivity contribution in [3.8, 4) is 22.6 Å². The van der Waals surface area contributed by atoms with Gasteiger partial charge in [-0.3, -0.25) is 4.79 Å². The molecule has 0 aliphatic carbocycles. The molecule has 1 aliphatic heterocycles. The summed E-state index contributed by atoms with van der Waals surface area (Å²) in [5.41, 5.74) is 4.35. The number of nitrogens with zero attached hydrogens (tertiary/aromatic N) is 2. The maximum Gasteiger partial charge on any atom is 0.416 e. The molecule has 0 radical (unpaired) electrons. The summed E-state index contributed by atoms with van der Waals surface area (Å²) in [6, 6.07) is 19.8. The fourth-order valence-electron chi connectivity index (χ4n) is 5.06. The molecule has 1 unspecified atom stereocenters. The van der Waals surface area contributed by atoms with E-state index < -0.39 is 12.0 Å². The molecule has 9 heteroatoms. The van der Waals surface area contributed by atoms with Gasteiger partial charge in [0.1, 0.15) is 36.8 Å². The molecule has 2 heterocycles. The molecular formula is C33H33FN2O6. The minimum atomic E-state index is -0.629. The number of aromatic nitrogens is 1. The van der Waals surface area contributed by atoms with Gasteiger partial charge in [-0.25, -0.2) is 14.1 Å². The van der Waals surface area contributed by atoms with Crippen LogP contribution >= 0.6 is 0 Å². The summed E-state index contributed by atoms with van der Waals surface area (Å²) in [5.74, 6) is 0.133. The van der Waals surface area contributed by atoms with Gasteiger partial charge in [0, 0.05) is 24.0 Å². The number of cyclic esters (lactones) is 1. The third kappa shape index (κ3) is 6.30. The zero-order valence-electron chi connectivity index (χ0n) is 24.1. The summed E-state index contributed by atoms with van der Waals surface area (Å²) in [7, 11) is 1.56. The molecule has 1 aliphatic rings. The Balaban J connectivity index is 1.35. The van der Waals surface area contributed by atoms with Crippen LogP contribution in [0.4, 0.5) is 9.18 Å². The van der Waals surface area contributed by atoms with Gasteiger partial charge in [0.05, 0.1) is 19.3 Å². The van der Waals surface area contributed by atoms with Crippen molar-refractivity contribution in [2.24, 2.45) is 0 Å². The zero-order valence-corrected chi connectivity index (χ0v) is 24.1. The molecule has 0 bridgehead atoms. The molecular weight excluding hydrogens is 539 g/mol. The lowest BCUT2D eigenvalue weighted by Crippen LogP contribution is -2.32. The average molecular weight is 573 g/mol. The summed E-state index contributed by atoms with van der Waals surface area (Å²) in [6.07, 6.45) is 0.854. The summed E-state index contributed by atoms with van der Waals surface area (Å²) >= 11 is 0. The minimum absolute atomic E-state index is 0.0333. The Hall–Kier alpha value is -4.66. The van der Waals surface area contributed by atoms with Crippen molar-refractivity contribution in [3.05, 3.63) is 101 Å². The van der Waals surface area contributed by atoms with Gasteiger partial charge in [0.2, 0.25) is 5.91 Å². The van der Waals surface area contributed by atoms with E-state index >= 15 is 0 Å². The van der Waals surface area contributed by atoms with Crippen LogP contribution in [-0.4, -0.2) is 42.3 Å². The van der Waals surface area contributed by atoms with Gasteiger partial charge in [-0.05, 0) is 64.1 Å². The molecule has 8 nitrogen and oxygen atoms in total.